The molecule has 0 aromatic heterocycles. The van der Waals surface area contributed by atoms with Crippen molar-refractivity contribution in [3.05, 3.63) is 47.2 Å². The van der Waals surface area contributed by atoms with Gasteiger partial charge in [-0.25, -0.2) is 4.79 Å². The molecule has 2 aliphatic heterocycles. The van der Waals surface area contributed by atoms with Crippen molar-refractivity contribution in [2.45, 2.75) is 46.7 Å². The molecule has 0 saturated carbocycles. The van der Waals surface area contributed by atoms with Gasteiger partial charge in [-0.1, -0.05) is 58.0 Å². The number of amides is 4. The van der Waals surface area contributed by atoms with E-state index in [0.29, 0.717) is 30.3 Å². The quantitative estimate of drug-likeness (QED) is 0.722. The van der Waals surface area contributed by atoms with Crippen LogP contribution in [0.3, 0.4) is 0 Å². The van der Waals surface area contributed by atoms with Crippen LogP contribution >= 0.6 is 0 Å². The van der Waals surface area contributed by atoms with E-state index in [0.717, 1.165) is 5.56 Å². The highest BCUT2D eigenvalue weighted by Crippen LogP contribution is 2.37. The van der Waals surface area contributed by atoms with Crippen molar-refractivity contribution in [1.29, 1.82) is 0 Å². The lowest BCUT2D eigenvalue weighted by molar-refractivity contribution is -0.138. The molecule has 4 amide bonds. The van der Waals surface area contributed by atoms with Crippen molar-refractivity contribution in [2.75, 3.05) is 19.6 Å². The third-order valence-electron chi connectivity index (χ3n) is 5.62. The van der Waals surface area contributed by atoms with Gasteiger partial charge in [0.2, 0.25) is 5.91 Å². The van der Waals surface area contributed by atoms with E-state index in [2.05, 4.69) is 10.6 Å². The summed E-state index contributed by atoms with van der Waals surface area (Å²) in [7, 11) is 0. The van der Waals surface area contributed by atoms with Gasteiger partial charge in [-0.05, 0) is 24.3 Å². The van der Waals surface area contributed by atoms with Gasteiger partial charge in [0.05, 0.1) is 23.9 Å². The Balaban J connectivity index is 1.96. The average molecular weight is 413 g/mol. The second kappa shape index (κ2) is 8.90. The molecular weight excluding hydrogens is 380 g/mol. The van der Waals surface area contributed by atoms with Crippen LogP contribution in [-0.4, -0.2) is 53.3 Å². The molecule has 0 radical (unpaired) electrons. The van der Waals surface area contributed by atoms with Crippen LogP contribution in [0.2, 0.25) is 0 Å². The van der Waals surface area contributed by atoms with Crippen LogP contribution in [0, 0.1) is 11.8 Å². The zero-order valence-corrected chi connectivity index (χ0v) is 18.4. The number of rotatable bonds is 7. The summed E-state index contributed by atoms with van der Waals surface area (Å²) in [4.78, 5) is 42.6. The number of benzene rings is 1. The summed E-state index contributed by atoms with van der Waals surface area (Å²) in [6.07, 6.45) is 0. The lowest BCUT2D eigenvalue weighted by atomic mass is 9.95. The number of carbonyl (C=O) groups excluding carboxylic acids is 3. The fourth-order valence-corrected chi connectivity index (χ4v) is 4.18. The summed E-state index contributed by atoms with van der Waals surface area (Å²) in [6, 6.07) is 8.17. The van der Waals surface area contributed by atoms with E-state index < -0.39 is 12.1 Å². The van der Waals surface area contributed by atoms with Gasteiger partial charge in [-0.2, -0.15) is 0 Å². The van der Waals surface area contributed by atoms with Crippen LogP contribution in [0.5, 0.6) is 0 Å². The van der Waals surface area contributed by atoms with Crippen LogP contribution in [0.1, 0.15) is 46.2 Å². The predicted molar refractivity (Wildman–Crippen MR) is 115 cm³/mol. The van der Waals surface area contributed by atoms with E-state index in [1.54, 1.807) is 9.80 Å². The highest BCUT2D eigenvalue weighted by atomic mass is 16.2. The number of likely N-dealkylation sites (N-methyl/N-ethyl adjacent to an activating group) is 1. The minimum atomic E-state index is -0.591. The molecule has 2 aliphatic rings. The summed E-state index contributed by atoms with van der Waals surface area (Å²) in [6.45, 7) is 11.1. The van der Waals surface area contributed by atoms with Gasteiger partial charge < -0.3 is 15.5 Å². The van der Waals surface area contributed by atoms with Crippen LogP contribution < -0.4 is 10.6 Å². The molecule has 0 saturated heterocycles. The molecule has 1 aromatic rings. The molecule has 30 heavy (non-hydrogen) atoms. The van der Waals surface area contributed by atoms with E-state index in [4.69, 9.17) is 0 Å². The van der Waals surface area contributed by atoms with Crippen LogP contribution in [0.25, 0.3) is 0 Å². The lowest BCUT2D eigenvalue weighted by Gasteiger charge is -2.33. The molecule has 0 unspecified atom stereocenters. The second-order valence-corrected chi connectivity index (χ2v) is 8.66. The topological polar surface area (TPSA) is 81.8 Å². The third kappa shape index (κ3) is 4.06. The van der Waals surface area contributed by atoms with E-state index in [9.17, 15) is 14.4 Å². The summed E-state index contributed by atoms with van der Waals surface area (Å²) >= 11 is 0. The van der Waals surface area contributed by atoms with Crippen LogP contribution in [0.4, 0.5) is 4.79 Å². The molecule has 7 heteroatoms. The number of carbonyl (C=O) groups is 3. The lowest BCUT2D eigenvalue weighted by Crippen LogP contribution is -2.52. The smallest absolute Gasteiger partial charge is 0.322 e. The van der Waals surface area contributed by atoms with Gasteiger partial charge in [-0.3, -0.25) is 14.5 Å². The summed E-state index contributed by atoms with van der Waals surface area (Å²) in [5, 5.41) is 5.95. The molecule has 2 N–H and O–H groups in total. The first-order chi connectivity index (χ1) is 14.3. The van der Waals surface area contributed by atoms with E-state index in [1.165, 1.54) is 0 Å². The second-order valence-electron chi connectivity index (χ2n) is 8.66. The van der Waals surface area contributed by atoms with E-state index in [-0.39, 0.29) is 30.3 Å². The Labute approximate surface area is 178 Å². The predicted octanol–water partition coefficient (Wildman–Crippen LogP) is 2.67. The largest absolute Gasteiger partial charge is 0.354 e. The molecule has 0 bridgehead atoms. The van der Waals surface area contributed by atoms with Crippen molar-refractivity contribution < 1.29 is 14.4 Å². The fraction of sp³-hybridized carbons (Fsp3) is 0.522. The Hall–Kier alpha value is -2.83. The molecule has 2 heterocycles. The van der Waals surface area contributed by atoms with Gasteiger partial charge in [0.15, 0.2) is 0 Å². The number of hydrogen-bond acceptors (Lipinski definition) is 3. The van der Waals surface area contributed by atoms with Crippen molar-refractivity contribution in [1.82, 2.24) is 20.4 Å². The zero-order valence-electron chi connectivity index (χ0n) is 18.4. The molecule has 2 atom stereocenters. The van der Waals surface area contributed by atoms with Crippen molar-refractivity contribution >= 4 is 17.8 Å². The maximum Gasteiger partial charge on any atom is 0.322 e. The minimum Gasteiger partial charge on any atom is -0.354 e. The molecule has 7 nitrogen and oxygen atoms in total. The Morgan fingerprint density at radius 3 is 2.40 bits per heavy atom. The van der Waals surface area contributed by atoms with Gasteiger partial charge >= 0.3 is 6.03 Å². The first-order valence-corrected chi connectivity index (χ1v) is 10.7. The van der Waals surface area contributed by atoms with Crippen LogP contribution in [0.15, 0.2) is 41.6 Å². The first kappa shape index (κ1) is 21.9. The zero-order chi connectivity index (χ0) is 22.0. The molecule has 3 rings (SSSR count). The first-order valence-electron chi connectivity index (χ1n) is 10.7. The standard InChI is InChI=1S/C23H32N4O3/c1-6-26-17-13-27(20(15(4)5)21(28)24-12-14(2)3)22(29)18(17)19(25-23(26)30)16-10-8-7-9-11-16/h7-11,14-15,19-20H,6,12-13H2,1-5H3,(H,24,28)(H,25,30)/t19-,20-/m1/s1. The number of nitrogens with zero attached hydrogens (tertiary/aromatic N) is 2. The monoisotopic (exact) mass is 412 g/mol. The van der Waals surface area contributed by atoms with Gasteiger partial charge in [0.1, 0.15) is 6.04 Å². The van der Waals surface area contributed by atoms with Crippen LogP contribution in [-0.2, 0) is 9.59 Å². The van der Waals surface area contributed by atoms with Gasteiger partial charge in [0.25, 0.3) is 5.91 Å². The van der Waals surface area contributed by atoms with Crippen molar-refractivity contribution in [2.24, 2.45) is 11.8 Å². The molecule has 0 fully saturated rings. The normalized spacial score (nSPS) is 20.0. The molecule has 162 valence electrons. The average Bonchev–Trinajstić information content (AvgIpc) is 3.03. The SMILES string of the molecule is CCN1C(=O)N[C@H](c2ccccc2)C2=C1CN([C@@H](C(=O)NCC(C)C)C(C)C)C2=O. The highest BCUT2D eigenvalue weighted by molar-refractivity contribution is 6.03. The van der Waals surface area contributed by atoms with Gasteiger partial charge in [-0.15, -0.1) is 0 Å². The Kier molecular flexibility index (Phi) is 6.48. The molecule has 1 aromatic carbocycles. The number of hydrogen-bond donors (Lipinski definition) is 2. The van der Waals surface area contributed by atoms with Crippen molar-refractivity contribution in [3.63, 3.8) is 0 Å². The Morgan fingerprint density at radius 2 is 1.83 bits per heavy atom. The Bertz CT molecular complexity index is 847. The summed E-state index contributed by atoms with van der Waals surface area (Å²) in [5.41, 5.74) is 2.11. The van der Waals surface area contributed by atoms with E-state index in [1.807, 2.05) is 65.0 Å². The van der Waals surface area contributed by atoms with Crippen molar-refractivity contribution in [3.8, 4) is 0 Å². The number of urea groups is 1. The van der Waals surface area contributed by atoms with E-state index >= 15 is 0 Å². The summed E-state index contributed by atoms with van der Waals surface area (Å²) < 4.78 is 0. The maximum absolute atomic E-state index is 13.6. The minimum absolute atomic E-state index is 0.0589. The molecule has 0 spiro atoms. The Morgan fingerprint density at radius 1 is 1.17 bits per heavy atom. The fourth-order valence-electron chi connectivity index (χ4n) is 4.18. The maximum atomic E-state index is 13.6. The summed E-state index contributed by atoms with van der Waals surface area (Å²) in [5.74, 6) is -0.0696. The highest BCUT2D eigenvalue weighted by Gasteiger charge is 2.47. The van der Waals surface area contributed by atoms with Gasteiger partial charge in [0, 0.05) is 13.1 Å². The number of nitrogens with one attached hydrogen (secondary N) is 2. The molecule has 0 aliphatic carbocycles. The third-order valence-corrected chi connectivity index (χ3v) is 5.62. The molecular formula is C23H32N4O3.